The third-order valence-electron chi connectivity index (χ3n) is 5.95. The molecule has 0 bridgehead atoms. The monoisotopic (exact) mass is 550 g/mol. The molecule has 0 unspecified atom stereocenters. The summed E-state index contributed by atoms with van der Waals surface area (Å²) in [6, 6.07) is 12.2. The molecule has 0 radical (unpaired) electrons. The standard InChI is InChI=1S/C30H34N2O6S/c1-8-36-29(34)26-19(6)31-30-32(27(26)21-13-14-23(38-18(4)5)24(15-21)35-7)28(33)25(39-30)16-20-11-9-10-12-22(20)37-17(2)3/h9-18,27H,8H2,1-7H3/b25-16+/t27-/m1/s1. The second kappa shape index (κ2) is 11.9. The first-order valence-electron chi connectivity index (χ1n) is 12.9. The van der Waals surface area contributed by atoms with E-state index in [1.165, 1.54) is 11.3 Å². The molecule has 0 amide bonds. The van der Waals surface area contributed by atoms with Crippen molar-refractivity contribution >= 4 is 23.4 Å². The van der Waals surface area contributed by atoms with Crippen molar-refractivity contribution in [2.45, 2.75) is 59.8 Å². The Kier molecular flexibility index (Phi) is 8.60. The van der Waals surface area contributed by atoms with Crippen LogP contribution in [0.3, 0.4) is 0 Å². The lowest BCUT2D eigenvalue weighted by Gasteiger charge is -2.25. The zero-order valence-electron chi connectivity index (χ0n) is 23.3. The molecule has 0 saturated carbocycles. The number of para-hydroxylation sites is 1. The van der Waals surface area contributed by atoms with Crippen LogP contribution in [0.1, 0.15) is 58.7 Å². The highest BCUT2D eigenvalue weighted by Gasteiger charge is 2.34. The van der Waals surface area contributed by atoms with Crippen molar-refractivity contribution in [3.05, 3.63) is 84.5 Å². The summed E-state index contributed by atoms with van der Waals surface area (Å²) in [6.45, 7) is 11.5. The Morgan fingerprint density at radius 3 is 2.41 bits per heavy atom. The zero-order valence-corrected chi connectivity index (χ0v) is 24.1. The minimum atomic E-state index is -0.758. The largest absolute Gasteiger partial charge is 0.493 e. The molecule has 0 aliphatic carbocycles. The third kappa shape index (κ3) is 5.93. The first-order valence-corrected chi connectivity index (χ1v) is 13.8. The quantitative estimate of drug-likeness (QED) is 0.368. The van der Waals surface area contributed by atoms with Gasteiger partial charge < -0.3 is 18.9 Å². The number of rotatable bonds is 9. The number of methoxy groups -OCH3 is 1. The average molecular weight is 551 g/mol. The van der Waals surface area contributed by atoms with Crippen molar-refractivity contribution < 1.29 is 23.7 Å². The van der Waals surface area contributed by atoms with Crippen molar-refractivity contribution in [3.8, 4) is 17.2 Å². The third-order valence-corrected chi connectivity index (χ3v) is 6.93. The molecule has 0 fully saturated rings. The number of fused-ring (bicyclic) bond motifs is 1. The van der Waals surface area contributed by atoms with Crippen molar-refractivity contribution in [1.29, 1.82) is 0 Å². The van der Waals surface area contributed by atoms with Gasteiger partial charge in [-0.3, -0.25) is 9.36 Å². The summed E-state index contributed by atoms with van der Waals surface area (Å²) in [6.07, 6.45) is 1.73. The van der Waals surface area contributed by atoms with Crippen LogP contribution in [0, 0.1) is 0 Å². The van der Waals surface area contributed by atoms with Crippen LogP contribution in [0.25, 0.3) is 6.08 Å². The predicted molar refractivity (Wildman–Crippen MR) is 151 cm³/mol. The SMILES string of the molecule is CCOC(=O)C1=C(C)N=c2s/c(=C/c3ccccc3OC(C)C)c(=O)n2[C@@H]1c1ccc(OC(C)C)c(OC)c1. The fourth-order valence-electron chi connectivity index (χ4n) is 4.41. The van der Waals surface area contributed by atoms with Gasteiger partial charge in [-0.05, 0) is 71.4 Å². The summed E-state index contributed by atoms with van der Waals surface area (Å²) < 4.78 is 24.9. The number of carbonyl (C=O) groups is 1. The van der Waals surface area contributed by atoms with Crippen LogP contribution in [0.4, 0.5) is 0 Å². The molecule has 8 nitrogen and oxygen atoms in total. The van der Waals surface area contributed by atoms with Crippen LogP contribution in [0.2, 0.25) is 0 Å². The maximum absolute atomic E-state index is 13.9. The number of nitrogens with zero attached hydrogens (tertiary/aromatic N) is 2. The number of allylic oxidation sites excluding steroid dienone is 1. The van der Waals surface area contributed by atoms with E-state index in [2.05, 4.69) is 4.99 Å². The van der Waals surface area contributed by atoms with Crippen LogP contribution in [-0.2, 0) is 9.53 Å². The lowest BCUT2D eigenvalue weighted by molar-refractivity contribution is -0.139. The predicted octanol–water partition coefficient (Wildman–Crippen LogP) is 4.38. The van der Waals surface area contributed by atoms with Crippen LogP contribution in [0.15, 0.2) is 63.5 Å². The molecule has 2 aromatic carbocycles. The van der Waals surface area contributed by atoms with Crippen LogP contribution in [0.5, 0.6) is 17.2 Å². The number of ether oxygens (including phenoxy) is 4. The Hall–Kier alpha value is -3.85. The van der Waals surface area contributed by atoms with Crippen LogP contribution >= 0.6 is 11.3 Å². The summed E-state index contributed by atoms with van der Waals surface area (Å²) in [5.41, 5.74) is 2.00. The molecule has 1 aliphatic heterocycles. The molecule has 0 spiro atoms. The van der Waals surface area contributed by atoms with Crippen molar-refractivity contribution in [2.24, 2.45) is 4.99 Å². The lowest BCUT2D eigenvalue weighted by Crippen LogP contribution is -2.40. The highest BCUT2D eigenvalue weighted by Crippen LogP contribution is 2.36. The normalized spacial score (nSPS) is 15.3. The number of hydrogen-bond acceptors (Lipinski definition) is 8. The molecule has 3 aromatic rings. The lowest BCUT2D eigenvalue weighted by atomic mass is 9.95. The Labute approximate surface area is 231 Å². The van der Waals surface area contributed by atoms with E-state index in [9.17, 15) is 9.59 Å². The van der Waals surface area contributed by atoms with Crippen LogP contribution < -0.4 is 29.1 Å². The van der Waals surface area contributed by atoms with E-state index in [4.69, 9.17) is 18.9 Å². The molecule has 1 aliphatic rings. The fraction of sp³-hybridized carbons (Fsp3) is 0.367. The van der Waals surface area contributed by atoms with E-state index < -0.39 is 12.0 Å². The number of aromatic nitrogens is 1. The second-order valence-electron chi connectivity index (χ2n) is 9.58. The Morgan fingerprint density at radius 1 is 1.05 bits per heavy atom. The van der Waals surface area contributed by atoms with Crippen LogP contribution in [-0.4, -0.2) is 36.5 Å². The highest BCUT2D eigenvalue weighted by molar-refractivity contribution is 7.07. The number of esters is 1. The van der Waals surface area contributed by atoms with Gasteiger partial charge in [0.05, 0.1) is 47.8 Å². The van der Waals surface area contributed by atoms with Gasteiger partial charge >= 0.3 is 5.97 Å². The van der Waals surface area contributed by atoms with Gasteiger partial charge in [-0.2, -0.15) is 0 Å². The average Bonchev–Trinajstić information content (AvgIpc) is 3.18. The first-order chi connectivity index (χ1) is 18.6. The molecule has 9 heteroatoms. The van der Waals surface area contributed by atoms with E-state index in [-0.39, 0.29) is 24.4 Å². The van der Waals surface area contributed by atoms with E-state index in [1.807, 2.05) is 64.1 Å². The molecular formula is C30H34N2O6S. The van der Waals surface area contributed by atoms with Gasteiger partial charge in [0.15, 0.2) is 16.3 Å². The van der Waals surface area contributed by atoms with Gasteiger partial charge in [0.1, 0.15) is 5.75 Å². The Morgan fingerprint density at radius 2 is 1.74 bits per heavy atom. The minimum absolute atomic E-state index is 0.0202. The Bertz CT molecular complexity index is 1580. The van der Waals surface area contributed by atoms with Crippen molar-refractivity contribution in [1.82, 2.24) is 4.57 Å². The fourth-order valence-corrected chi connectivity index (χ4v) is 5.45. The molecule has 1 aromatic heterocycles. The second-order valence-corrected chi connectivity index (χ2v) is 10.6. The maximum atomic E-state index is 13.9. The molecule has 0 saturated heterocycles. The van der Waals surface area contributed by atoms with Gasteiger partial charge in [-0.15, -0.1) is 0 Å². The summed E-state index contributed by atoms with van der Waals surface area (Å²) in [4.78, 5) is 32.3. The highest BCUT2D eigenvalue weighted by atomic mass is 32.1. The number of thiazole rings is 1. The van der Waals surface area contributed by atoms with E-state index >= 15 is 0 Å². The van der Waals surface area contributed by atoms with Gasteiger partial charge in [0, 0.05) is 5.56 Å². The summed E-state index contributed by atoms with van der Waals surface area (Å²) in [5, 5.41) is 0. The van der Waals surface area contributed by atoms with Crippen molar-refractivity contribution in [2.75, 3.05) is 13.7 Å². The summed E-state index contributed by atoms with van der Waals surface area (Å²) >= 11 is 1.27. The number of carbonyl (C=O) groups excluding carboxylic acids is 1. The van der Waals surface area contributed by atoms with Crippen molar-refractivity contribution in [3.63, 3.8) is 0 Å². The smallest absolute Gasteiger partial charge is 0.338 e. The molecule has 1 atom stereocenters. The minimum Gasteiger partial charge on any atom is -0.493 e. The summed E-state index contributed by atoms with van der Waals surface area (Å²) in [7, 11) is 1.56. The van der Waals surface area contributed by atoms with E-state index in [1.54, 1.807) is 37.7 Å². The first kappa shape index (κ1) is 28.2. The summed E-state index contributed by atoms with van der Waals surface area (Å²) in [5.74, 6) is 1.24. The Balaban J connectivity index is 1.94. The number of hydrogen-bond donors (Lipinski definition) is 0. The topological polar surface area (TPSA) is 88.4 Å². The molecular weight excluding hydrogens is 516 g/mol. The maximum Gasteiger partial charge on any atom is 0.338 e. The number of benzene rings is 2. The molecule has 2 heterocycles. The van der Waals surface area contributed by atoms with Gasteiger partial charge in [-0.1, -0.05) is 35.6 Å². The van der Waals surface area contributed by atoms with Gasteiger partial charge in [-0.25, -0.2) is 9.79 Å². The molecule has 206 valence electrons. The van der Waals surface area contributed by atoms with Gasteiger partial charge in [0.2, 0.25) is 0 Å². The van der Waals surface area contributed by atoms with E-state index in [0.717, 1.165) is 5.56 Å². The molecule has 39 heavy (non-hydrogen) atoms. The van der Waals surface area contributed by atoms with Gasteiger partial charge in [0.25, 0.3) is 5.56 Å². The molecule has 0 N–H and O–H groups in total. The molecule has 4 rings (SSSR count). The van der Waals surface area contributed by atoms with E-state index in [0.29, 0.717) is 43.4 Å². The zero-order chi connectivity index (χ0) is 28.3.